The number of carbonyl (C=O) groups excluding carboxylic acids is 1. The lowest BCUT2D eigenvalue weighted by molar-refractivity contribution is 0.0325. The largest absolute Gasteiger partial charge is 0.387 e. The molecular weight excluding hydrogens is 286 g/mol. The summed E-state index contributed by atoms with van der Waals surface area (Å²) in [6, 6.07) is 1.69. The van der Waals surface area contributed by atoms with Gasteiger partial charge in [-0.15, -0.1) is 0 Å². The number of aliphatic hydroxyl groups is 1. The van der Waals surface area contributed by atoms with Gasteiger partial charge in [0.2, 0.25) is 0 Å². The highest BCUT2D eigenvalue weighted by Crippen LogP contribution is 2.10. The quantitative estimate of drug-likeness (QED) is 0.754. The monoisotopic (exact) mass is 303 g/mol. The second kappa shape index (κ2) is 5.66. The van der Waals surface area contributed by atoms with E-state index in [9.17, 15) is 9.90 Å². The first-order valence-corrected chi connectivity index (χ1v) is 6.09. The number of aromatic nitrogens is 1. The average Bonchev–Trinajstić information content (AvgIpc) is 2.59. The molecule has 96 valence electrons. The van der Waals surface area contributed by atoms with Gasteiger partial charge in [-0.1, -0.05) is 0 Å². The van der Waals surface area contributed by atoms with Crippen LogP contribution in [0.3, 0.4) is 0 Å². The number of H-pyrrole nitrogens is 1. The first kappa shape index (κ1) is 14.2. The zero-order valence-electron chi connectivity index (χ0n) is 10.2. The summed E-state index contributed by atoms with van der Waals surface area (Å²) in [5.41, 5.74) is -0.472. The Morgan fingerprint density at radius 2 is 2.29 bits per heavy atom. The number of aromatic amines is 1. The lowest BCUT2D eigenvalue weighted by Crippen LogP contribution is -2.47. The standard InChI is InChI=1S/C11H18BrN3O2/c1-11(17,7-15(2)3)6-14-10(16)9-4-8(12)5-13-9/h4-5,13,17H,6-7H2,1-3H3,(H,14,16). The maximum Gasteiger partial charge on any atom is 0.267 e. The lowest BCUT2D eigenvalue weighted by Gasteiger charge is -2.26. The predicted molar refractivity (Wildman–Crippen MR) is 70.0 cm³/mol. The van der Waals surface area contributed by atoms with Crippen LogP contribution in [0.4, 0.5) is 0 Å². The van der Waals surface area contributed by atoms with Crippen molar-refractivity contribution in [2.75, 3.05) is 27.2 Å². The summed E-state index contributed by atoms with van der Waals surface area (Å²) in [5.74, 6) is -0.227. The van der Waals surface area contributed by atoms with Crippen LogP contribution in [0, 0.1) is 0 Å². The Morgan fingerprint density at radius 3 is 2.76 bits per heavy atom. The van der Waals surface area contributed by atoms with E-state index >= 15 is 0 Å². The Labute approximate surface area is 109 Å². The molecule has 0 aliphatic heterocycles. The summed E-state index contributed by atoms with van der Waals surface area (Å²) in [6.45, 7) is 2.39. The minimum absolute atomic E-state index is 0.209. The van der Waals surface area contributed by atoms with Crippen LogP contribution in [0.5, 0.6) is 0 Å². The molecule has 0 fully saturated rings. The van der Waals surface area contributed by atoms with E-state index in [4.69, 9.17) is 0 Å². The van der Waals surface area contributed by atoms with Gasteiger partial charge >= 0.3 is 0 Å². The third-order valence-electron chi connectivity index (χ3n) is 2.18. The molecule has 1 rings (SSSR count). The van der Waals surface area contributed by atoms with Gasteiger partial charge in [-0.25, -0.2) is 0 Å². The van der Waals surface area contributed by atoms with E-state index in [1.165, 1.54) is 0 Å². The van der Waals surface area contributed by atoms with Crippen molar-refractivity contribution in [2.24, 2.45) is 0 Å². The Kier molecular flexibility index (Phi) is 4.73. The van der Waals surface area contributed by atoms with Crippen LogP contribution in [0.2, 0.25) is 0 Å². The highest BCUT2D eigenvalue weighted by atomic mass is 79.9. The van der Waals surface area contributed by atoms with Gasteiger partial charge in [0, 0.05) is 23.8 Å². The minimum atomic E-state index is -0.941. The molecule has 3 N–H and O–H groups in total. The third kappa shape index (κ3) is 4.89. The number of likely N-dealkylation sites (N-methyl/N-ethyl adjacent to an activating group) is 1. The van der Waals surface area contributed by atoms with Crippen LogP contribution in [-0.4, -0.2) is 53.7 Å². The maximum atomic E-state index is 11.7. The lowest BCUT2D eigenvalue weighted by atomic mass is 10.1. The van der Waals surface area contributed by atoms with Crippen LogP contribution in [0.1, 0.15) is 17.4 Å². The Balaban J connectivity index is 2.48. The second-order valence-electron chi connectivity index (χ2n) is 4.65. The van der Waals surface area contributed by atoms with Gasteiger partial charge in [-0.2, -0.15) is 0 Å². The maximum absolute atomic E-state index is 11.7. The molecule has 5 nitrogen and oxygen atoms in total. The number of halogens is 1. The summed E-state index contributed by atoms with van der Waals surface area (Å²) in [7, 11) is 3.75. The van der Waals surface area contributed by atoms with Crippen molar-refractivity contribution >= 4 is 21.8 Å². The van der Waals surface area contributed by atoms with Crippen molar-refractivity contribution in [3.05, 3.63) is 22.4 Å². The molecule has 0 saturated carbocycles. The smallest absolute Gasteiger partial charge is 0.267 e. The Bertz CT molecular complexity index is 388. The van der Waals surface area contributed by atoms with Crippen molar-refractivity contribution in [2.45, 2.75) is 12.5 Å². The molecule has 6 heteroatoms. The van der Waals surface area contributed by atoms with Crippen molar-refractivity contribution in [3.63, 3.8) is 0 Å². The van der Waals surface area contributed by atoms with Crippen LogP contribution >= 0.6 is 15.9 Å². The number of nitrogens with one attached hydrogen (secondary N) is 2. The van der Waals surface area contributed by atoms with Crippen molar-refractivity contribution in [3.8, 4) is 0 Å². The van der Waals surface area contributed by atoms with E-state index in [0.29, 0.717) is 12.2 Å². The van der Waals surface area contributed by atoms with Crippen LogP contribution in [0.25, 0.3) is 0 Å². The molecule has 17 heavy (non-hydrogen) atoms. The number of nitrogens with zero attached hydrogens (tertiary/aromatic N) is 1. The van der Waals surface area contributed by atoms with E-state index < -0.39 is 5.60 Å². The molecule has 0 saturated heterocycles. The molecule has 1 atom stereocenters. The fourth-order valence-corrected chi connectivity index (χ4v) is 1.95. The van der Waals surface area contributed by atoms with Gasteiger partial charge in [0.25, 0.3) is 5.91 Å². The van der Waals surface area contributed by atoms with Crippen molar-refractivity contribution in [1.29, 1.82) is 0 Å². The molecule has 0 aliphatic rings. The Hall–Kier alpha value is -0.850. The van der Waals surface area contributed by atoms with Gasteiger partial charge in [0.1, 0.15) is 5.69 Å². The van der Waals surface area contributed by atoms with E-state index in [0.717, 1.165) is 4.47 Å². The summed E-state index contributed by atoms with van der Waals surface area (Å²) >= 11 is 3.26. The SMILES string of the molecule is CN(C)CC(C)(O)CNC(=O)c1cc(Br)c[nH]1. The molecule has 1 aromatic heterocycles. The summed E-state index contributed by atoms with van der Waals surface area (Å²) in [4.78, 5) is 16.4. The molecule has 1 heterocycles. The highest BCUT2D eigenvalue weighted by Gasteiger charge is 2.22. The molecule has 0 spiro atoms. The molecule has 1 aromatic rings. The normalized spacial score (nSPS) is 14.7. The average molecular weight is 304 g/mol. The fourth-order valence-electron chi connectivity index (χ4n) is 1.60. The van der Waals surface area contributed by atoms with Crippen LogP contribution < -0.4 is 5.32 Å². The molecule has 0 radical (unpaired) electrons. The van der Waals surface area contributed by atoms with Gasteiger partial charge in [0.05, 0.1) is 5.60 Å². The van der Waals surface area contributed by atoms with Gasteiger partial charge < -0.3 is 20.3 Å². The van der Waals surface area contributed by atoms with Crippen molar-refractivity contribution in [1.82, 2.24) is 15.2 Å². The molecule has 0 bridgehead atoms. The fraction of sp³-hybridized carbons (Fsp3) is 0.545. The number of amides is 1. The molecule has 0 aromatic carbocycles. The summed E-state index contributed by atoms with van der Waals surface area (Å²) in [6.07, 6.45) is 1.69. The molecular formula is C11H18BrN3O2. The number of hydrogen-bond donors (Lipinski definition) is 3. The number of rotatable bonds is 5. The van der Waals surface area contributed by atoms with Gasteiger partial charge in [-0.05, 0) is 43.0 Å². The topological polar surface area (TPSA) is 68.4 Å². The van der Waals surface area contributed by atoms with Gasteiger partial charge in [-0.3, -0.25) is 4.79 Å². The zero-order valence-corrected chi connectivity index (χ0v) is 11.8. The van der Waals surface area contributed by atoms with E-state index in [1.54, 1.807) is 19.2 Å². The molecule has 1 amide bonds. The van der Waals surface area contributed by atoms with Crippen LogP contribution in [0.15, 0.2) is 16.7 Å². The summed E-state index contributed by atoms with van der Waals surface area (Å²) in [5, 5.41) is 12.7. The first-order valence-electron chi connectivity index (χ1n) is 5.29. The number of hydrogen-bond acceptors (Lipinski definition) is 3. The second-order valence-corrected chi connectivity index (χ2v) is 5.56. The van der Waals surface area contributed by atoms with E-state index in [1.807, 2.05) is 19.0 Å². The third-order valence-corrected chi connectivity index (χ3v) is 2.64. The number of carbonyl (C=O) groups is 1. The van der Waals surface area contributed by atoms with E-state index in [2.05, 4.69) is 26.2 Å². The van der Waals surface area contributed by atoms with Crippen molar-refractivity contribution < 1.29 is 9.90 Å². The Morgan fingerprint density at radius 1 is 1.65 bits per heavy atom. The molecule has 0 aliphatic carbocycles. The van der Waals surface area contributed by atoms with Gasteiger partial charge in [0.15, 0.2) is 0 Å². The van der Waals surface area contributed by atoms with Crippen LogP contribution in [-0.2, 0) is 0 Å². The van der Waals surface area contributed by atoms with E-state index in [-0.39, 0.29) is 12.5 Å². The highest BCUT2D eigenvalue weighted by molar-refractivity contribution is 9.10. The summed E-state index contributed by atoms with van der Waals surface area (Å²) < 4.78 is 0.822. The zero-order chi connectivity index (χ0) is 13.1. The first-order chi connectivity index (χ1) is 7.80. The molecule has 1 unspecified atom stereocenters. The predicted octanol–water partition coefficient (Wildman–Crippen LogP) is 0.820. The minimum Gasteiger partial charge on any atom is -0.387 e.